The molecule has 0 saturated heterocycles. The van der Waals surface area contributed by atoms with Crippen LogP contribution in [-0.2, 0) is 0 Å². The maximum atomic E-state index is 5.89. The molecule has 0 unspecified atom stereocenters. The second-order valence-corrected chi connectivity index (χ2v) is 3.78. The predicted molar refractivity (Wildman–Crippen MR) is 64.2 cm³/mol. The molecule has 0 aliphatic carbocycles. The average Bonchev–Trinajstić information content (AvgIpc) is 2.28. The van der Waals surface area contributed by atoms with Crippen molar-refractivity contribution >= 4 is 34.7 Å². The zero-order valence-corrected chi connectivity index (χ0v) is 9.68. The smallest absolute Gasteiger partial charge is 0.185 e. The Labute approximate surface area is 97.8 Å². The summed E-state index contributed by atoms with van der Waals surface area (Å²) in [6, 6.07) is 3.68. The van der Waals surface area contributed by atoms with Crippen molar-refractivity contribution in [3.05, 3.63) is 23.5 Å². The van der Waals surface area contributed by atoms with Gasteiger partial charge in [-0.3, -0.25) is 4.98 Å². The van der Waals surface area contributed by atoms with Crippen LogP contribution in [-0.4, -0.2) is 40.5 Å². The first kappa shape index (κ1) is 10.8. The van der Waals surface area contributed by atoms with E-state index in [1.807, 2.05) is 31.1 Å². The van der Waals surface area contributed by atoms with Crippen molar-refractivity contribution in [1.82, 2.24) is 20.1 Å². The van der Waals surface area contributed by atoms with Crippen LogP contribution in [0, 0.1) is 0 Å². The molecule has 0 spiro atoms. The van der Waals surface area contributed by atoms with Gasteiger partial charge in [-0.15, -0.1) is 10.2 Å². The van der Waals surface area contributed by atoms with Crippen molar-refractivity contribution in [3.63, 3.8) is 0 Å². The molecule has 2 rings (SSSR count). The lowest BCUT2D eigenvalue weighted by Gasteiger charge is -2.03. The minimum Gasteiger partial charge on any atom is -0.369 e. The molecule has 0 fully saturated rings. The van der Waals surface area contributed by atoms with E-state index < -0.39 is 0 Å². The van der Waals surface area contributed by atoms with Crippen molar-refractivity contribution < 1.29 is 0 Å². The summed E-state index contributed by atoms with van der Waals surface area (Å²) in [5, 5.41) is 8.82. The Morgan fingerprint density at radius 3 is 2.94 bits per heavy atom. The van der Waals surface area contributed by atoms with Crippen molar-refractivity contribution in [2.24, 2.45) is 4.99 Å². The van der Waals surface area contributed by atoms with E-state index in [1.54, 1.807) is 12.5 Å². The predicted octanol–water partition coefficient (Wildman–Crippen LogP) is 1.90. The van der Waals surface area contributed by atoms with Crippen molar-refractivity contribution in [3.8, 4) is 0 Å². The minimum atomic E-state index is 0.291. The summed E-state index contributed by atoms with van der Waals surface area (Å²) in [6.07, 6.45) is 3.32. The molecule has 5 nitrogen and oxygen atoms in total. The highest BCUT2D eigenvalue weighted by Gasteiger charge is 2.06. The Morgan fingerprint density at radius 1 is 1.38 bits per heavy atom. The number of pyridine rings is 1. The molecule has 0 aliphatic heterocycles. The minimum absolute atomic E-state index is 0.291. The first-order valence-electron chi connectivity index (χ1n) is 4.66. The monoisotopic (exact) mass is 235 g/mol. The van der Waals surface area contributed by atoms with Gasteiger partial charge in [-0.2, -0.15) is 0 Å². The fourth-order valence-corrected chi connectivity index (χ4v) is 1.40. The van der Waals surface area contributed by atoms with E-state index in [1.165, 1.54) is 0 Å². The number of halogens is 1. The zero-order chi connectivity index (χ0) is 11.5. The second kappa shape index (κ2) is 4.40. The van der Waals surface area contributed by atoms with Gasteiger partial charge in [-0.05, 0) is 12.1 Å². The summed E-state index contributed by atoms with van der Waals surface area (Å²) in [6.45, 7) is 0. The molecule has 0 bridgehead atoms. The van der Waals surface area contributed by atoms with Crippen LogP contribution < -0.4 is 0 Å². The van der Waals surface area contributed by atoms with E-state index in [4.69, 9.17) is 11.6 Å². The second-order valence-electron chi connectivity index (χ2n) is 3.42. The molecule has 0 aromatic carbocycles. The molecule has 6 heteroatoms. The molecule has 0 amide bonds. The van der Waals surface area contributed by atoms with Gasteiger partial charge in [0.25, 0.3) is 0 Å². The van der Waals surface area contributed by atoms with E-state index in [2.05, 4.69) is 20.2 Å². The van der Waals surface area contributed by atoms with Gasteiger partial charge >= 0.3 is 0 Å². The summed E-state index contributed by atoms with van der Waals surface area (Å²) >= 11 is 5.89. The Balaban J connectivity index is 2.59. The first-order chi connectivity index (χ1) is 7.68. The Hall–Kier alpha value is -1.75. The van der Waals surface area contributed by atoms with Crippen LogP contribution in [0.1, 0.15) is 0 Å². The number of aliphatic imine (C=N–C) groups is 1. The van der Waals surface area contributed by atoms with Crippen molar-refractivity contribution in [2.75, 3.05) is 14.1 Å². The van der Waals surface area contributed by atoms with E-state index in [-0.39, 0.29) is 0 Å². The lowest BCUT2D eigenvalue weighted by Crippen LogP contribution is -2.07. The van der Waals surface area contributed by atoms with Crippen LogP contribution in [0.15, 0.2) is 23.3 Å². The molecule has 0 radical (unpaired) electrons. The lowest BCUT2D eigenvalue weighted by atomic mass is 10.3. The Morgan fingerprint density at radius 2 is 2.19 bits per heavy atom. The molecule has 2 heterocycles. The highest BCUT2D eigenvalue weighted by Crippen LogP contribution is 2.25. The van der Waals surface area contributed by atoms with E-state index in [9.17, 15) is 0 Å². The summed E-state index contributed by atoms with van der Waals surface area (Å²) in [4.78, 5) is 10.2. The van der Waals surface area contributed by atoms with Gasteiger partial charge in [0.15, 0.2) is 11.0 Å². The van der Waals surface area contributed by atoms with Gasteiger partial charge in [0.2, 0.25) is 0 Å². The van der Waals surface area contributed by atoms with Crippen LogP contribution in [0.3, 0.4) is 0 Å². The number of nitrogens with zero attached hydrogens (tertiary/aromatic N) is 5. The molecular weight excluding hydrogens is 226 g/mol. The fourth-order valence-electron chi connectivity index (χ4n) is 1.21. The Bertz CT molecular complexity index is 538. The van der Waals surface area contributed by atoms with Crippen LogP contribution in [0.2, 0.25) is 5.15 Å². The number of hydrogen-bond acceptors (Lipinski definition) is 4. The van der Waals surface area contributed by atoms with Gasteiger partial charge in [-0.25, -0.2) is 4.99 Å². The van der Waals surface area contributed by atoms with Gasteiger partial charge in [0.1, 0.15) is 5.52 Å². The highest BCUT2D eigenvalue weighted by atomic mass is 35.5. The van der Waals surface area contributed by atoms with Gasteiger partial charge in [-0.1, -0.05) is 11.6 Å². The lowest BCUT2D eigenvalue weighted by molar-refractivity contribution is 0.643. The van der Waals surface area contributed by atoms with Gasteiger partial charge < -0.3 is 4.90 Å². The summed E-state index contributed by atoms with van der Waals surface area (Å²) < 4.78 is 0. The molecular formula is C10H10ClN5. The maximum Gasteiger partial charge on any atom is 0.185 e. The number of aromatic nitrogens is 3. The Kier molecular flexibility index (Phi) is 2.96. The number of rotatable bonds is 2. The third kappa shape index (κ3) is 2.09. The molecule has 2 aromatic rings. The molecule has 2 aromatic heterocycles. The molecule has 0 atom stereocenters. The van der Waals surface area contributed by atoms with Crippen LogP contribution in [0.5, 0.6) is 0 Å². The van der Waals surface area contributed by atoms with Crippen LogP contribution in [0.25, 0.3) is 10.9 Å². The summed E-state index contributed by atoms with van der Waals surface area (Å²) in [7, 11) is 3.76. The molecule has 82 valence electrons. The maximum absolute atomic E-state index is 5.89. The van der Waals surface area contributed by atoms with Gasteiger partial charge in [0, 0.05) is 20.3 Å². The summed E-state index contributed by atoms with van der Waals surface area (Å²) in [5.41, 5.74) is 0.616. The van der Waals surface area contributed by atoms with E-state index in [0.717, 1.165) is 5.39 Å². The quantitative estimate of drug-likeness (QED) is 0.589. The van der Waals surface area contributed by atoms with Crippen molar-refractivity contribution in [2.45, 2.75) is 0 Å². The average molecular weight is 236 g/mol. The van der Waals surface area contributed by atoms with Crippen molar-refractivity contribution in [1.29, 1.82) is 0 Å². The fraction of sp³-hybridized carbons (Fsp3) is 0.200. The summed E-state index contributed by atoms with van der Waals surface area (Å²) in [5.74, 6) is 0.515. The zero-order valence-electron chi connectivity index (χ0n) is 8.92. The third-order valence-corrected chi connectivity index (χ3v) is 2.14. The first-order valence-corrected chi connectivity index (χ1v) is 5.04. The van der Waals surface area contributed by atoms with E-state index in [0.29, 0.717) is 16.5 Å². The van der Waals surface area contributed by atoms with Gasteiger partial charge in [0.05, 0.1) is 11.7 Å². The molecule has 0 aliphatic rings. The third-order valence-electron chi connectivity index (χ3n) is 1.89. The standard InChI is InChI=1S/C10H10ClN5/c1-16(2)6-13-10-7-4-3-5-12-8(7)9(11)14-15-10/h3-6H,1-2H3. The van der Waals surface area contributed by atoms with E-state index >= 15 is 0 Å². The normalized spacial score (nSPS) is 11.2. The SMILES string of the molecule is CN(C)C=Nc1nnc(Cl)c2ncccc12. The van der Waals surface area contributed by atoms with Crippen LogP contribution in [0.4, 0.5) is 5.82 Å². The number of fused-ring (bicyclic) bond motifs is 1. The highest BCUT2D eigenvalue weighted by molar-refractivity contribution is 6.33. The topological polar surface area (TPSA) is 54.3 Å². The number of hydrogen-bond donors (Lipinski definition) is 0. The molecule has 0 saturated carbocycles. The largest absolute Gasteiger partial charge is 0.369 e. The molecule has 16 heavy (non-hydrogen) atoms. The molecule has 0 N–H and O–H groups in total. The van der Waals surface area contributed by atoms with Crippen LogP contribution >= 0.6 is 11.6 Å².